The van der Waals surface area contributed by atoms with Crippen LogP contribution in [-0.4, -0.2) is 43.0 Å². The molecule has 1 aliphatic heterocycles. The average Bonchev–Trinajstić information content (AvgIpc) is 2.15. The van der Waals surface area contributed by atoms with Gasteiger partial charge in [-0.25, -0.2) is 0 Å². The van der Waals surface area contributed by atoms with Crippen molar-refractivity contribution in [3.8, 4) is 0 Å². The Hall–Kier alpha value is -1.02. The number of hydrogen-bond donors (Lipinski definition) is 0. The Morgan fingerprint density at radius 3 is 2.38 bits per heavy atom. The first-order valence-corrected chi connectivity index (χ1v) is 4.65. The summed E-state index contributed by atoms with van der Waals surface area (Å²) in [5.41, 5.74) is 1.09. The van der Waals surface area contributed by atoms with Gasteiger partial charge in [-0.3, -0.25) is 0 Å². The van der Waals surface area contributed by atoms with Crippen molar-refractivity contribution in [2.45, 2.75) is 0 Å². The summed E-state index contributed by atoms with van der Waals surface area (Å²) in [5, 5.41) is 0. The highest BCUT2D eigenvalue weighted by molar-refractivity contribution is 5.17. The third-order valence-corrected chi connectivity index (χ3v) is 2.33. The zero-order valence-electron chi connectivity index (χ0n) is 8.37. The molecular formula is C11H18N2. The first kappa shape index (κ1) is 10.1. The van der Waals surface area contributed by atoms with E-state index in [0.29, 0.717) is 0 Å². The Bertz CT molecular complexity index is 210. The molecule has 0 aliphatic carbocycles. The number of allylic oxidation sites excluding steroid dienone is 3. The van der Waals surface area contributed by atoms with Crippen LogP contribution in [0.3, 0.4) is 0 Å². The molecule has 72 valence electrons. The monoisotopic (exact) mass is 178 g/mol. The summed E-state index contributed by atoms with van der Waals surface area (Å²) < 4.78 is 0. The van der Waals surface area contributed by atoms with E-state index in [9.17, 15) is 0 Å². The van der Waals surface area contributed by atoms with Gasteiger partial charge in [0.15, 0.2) is 0 Å². The maximum absolute atomic E-state index is 4.01. The highest BCUT2D eigenvalue weighted by Gasteiger charge is 2.12. The van der Waals surface area contributed by atoms with Gasteiger partial charge in [0.2, 0.25) is 0 Å². The molecule has 2 nitrogen and oxygen atoms in total. The van der Waals surface area contributed by atoms with E-state index in [0.717, 1.165) is 31.9 Å². The second-order valence-electron chi connectivity index (χ2n) is 3.38. The van der Waals surface area contributed by atoms with Gasteiger partial charge in [-0.05, 0) is 13.1 Å². The maximum atomic E-state index is 4.01. The lowest BCUT2D eigenvalue weighted by molar-refractivity contribution is 0.190. The van der Waals surface area contributed by atoms with Crippen LogP contribution >= 0.6 is 0 Å². The third-order valence-electron chi connectivity index (χ3n) is 2.33. The molecule has 0 spiro atoms. The molecule has 0 unspecified atom stereocenters. The Morgan fingerprint density at radius 2 is 1.85 bits per heavy atom. The minimum Gasteiger partial charge on any atom is -0.369 e. The molecule has 1 heterocycles. The Morgan fingerprint density at radius 1 is 1.23 bits per heavy atom. The van der Waals surface area contributed by atoms with Gasteiger partial charge in [-0.1, -0.05) is 25.3 Å². The smallest absolute Gasteiger partial charge is 0.0306 e. The first-order chi connectivity index (χ1) is 6.24. The summed E-state index contributed by atoms with van der Waals surface area (Å²) in [5.74, 6) is 0. The summed E-state index contributed by atoms with van der Waals surface area (Å²) in [6.07, 6.45) is 5.72. The summed E-state index contributed by atoms with van der Waals surface area (Å²) >= 11 is 0. The summed E-state index contributed by atoms with van der Waals surface area (Å²) in [6, 6.07) is 0. The van der Waals surface area contributed by atoms with Crippen molar-refractivity contribution in [3.05, 3.63) is 37.1 Å². The van der Waals surface area contributed by atoms with Gasteiger partial charge in [0.05, 0.1) is 0 Å². The highest BCUT2D eigenvalue weighted by atomic mass is 15.2. The zero-order valence-corrected chi connectivity index (χ0v) is 8.37. The van der Waals surface area contributed by atoms with E-state index in [1.807, 2.05) is 12.2 Å². The number of likely N-dealkylation sites (N-methyl/N-ethyl adjacent to an activating group) is 1. The average molecular weight is 178 g/mol. The Kier molecular flexibility index (Phi) is 3.77. The van der Waals surface area contributed by atoms with E-state index in [1.165, 1.54) is 0 Å². The van der Waals surface area contributed by atoms with Crippen LogP contribution in [0.15, 0.2) is 37.1 Å². The zero-order chi connectivity index (χ0) is 9.68. The maximum Gasteiger partial charge on any atom is 0.0306 e. The largest absolute Gasteiger partial charge is 0.369 e. The van der Waals surface area contributed by atoms with Crippen molar-refractivity contribution in [1.82, 2.24) is 9.80 Å². The molecular weight excluding hydrogens is 160 g/mol. The molecule has 1 aliphatic rings. The molecule has 0 N–H and O–H groups in total. The van der Waals surface area contributed by atoms with Gasteiger partial charge in [0.1, 0.15) is 0 Å². The molecule has 0 amide bonds. The lowest BCUT2D eigenvalue weighted by Gasteiger charge is -2.34. The molecule has 0 aromatic carbocycles. The van der Waals surface area contributed by atoms with E-state index in [1.54, 1.807) is 6.08 Å². The van der Waals surface area contributed by atoms with Gasteiger partial charge in [0.25, 0.3) is 0 Å². The molecule has 1 saturated heterocycles. The summed E-state index contributed by atoms with van der Waals surface area (Å²) in [7, 11) is 2.15. The number of piperazine rings is 1. The van der Waals surface area contributed by atoms with E-state index in [4.69, 9.17) is 0 Å². The quantitative estimate of drug-likeness (QED) is 0.604. The summed E-state index contributed by atoms with van der Waals surface area (Å²) in [4.78, 5) is 4.64. The van der Waals surface area contributed by atoms with Crippen molar-refractivity contribution in [2.75, 3.05) is 33.2 Å². The number of nitrogens with zero attached hydrogens (tertiary/aromatic N) is 2. The van der Waals surface area contributed by atoms with Crippen molar-refractivity contribution in [1.29, 1.82) is 0 Å². The van der Waals surface area contributed by atoms with Crippen molar-refractivity contribution in [2.24, 2.45) is 0 Å². The molecule has 0 bridgehead atoms. The molecule has 0 aromatic heterocycles. The van der Waals surface area contributed by atoms with Crippen molar-refractivity contribution >= 4 is 0 Å². The molecule has 0 atom stereocenters. The molecule has 1 fully saturated rings. The molecule has 13 heavy (non-hydrogen) atoms. The molecule has 0 aromatic rings. The van der Waals surface area contributed by atoms with Crippen LogP contribution in [0.5, 0.6) is 0 Å². The fourth-order valence-corrected chi connectivity index (χ4v) is 1.38. The number of rotatable bonds is 3. The van der Waals surface area contributed by atoms with Crippen molar-refractivity contribution in [3.63, 3.8) is 0 Å². The van der Waals surface area contributed by atoms with Gasteiger partial charge in [-0.2, -0.15) is 0 Å². The van der Waals surface area contributed by atoms with Crippen LogP contribution in [-0.2, 0) is 0 Å². The van der Waals surface area contributed by atoms with Gasteiger partial charge in [0, 0.05) is 31.9 Å². The fourth-order valence-electron chi connectivity index (χ4n) is 1.38. The van der Waals surface area contributed by atoms with Gasteiger partial charge in [-0.15, -0.1) is 0 Å². The van der Waals surface area contributed by atoms with E-state index < -0.39 is 0 Å². The minimum absolute atomic E-state index is 1.08. The van der Waals surface area contributed by atoms with Crippen LogP contribution in [0.4, 0.5) is 0 Å². The lowest BCUT2D eigenvalue weighted by Crippen LogP contribution is -2.43. The molecule has 0 saturated carbocycles. The van der Waals surface area contributed by atoms with Crippen LogP contribution < -0.4 is 0 Å². The van der Waals surface area contributed by atoms with Gasteiger partial charge >= 0.3 is 0 Å². The van der Waals surface area contributed by atoms with Crippen LogP contribution in [0.25, 0.3) is 0 Å². The second-order valence-corrected chi connectivity index (χ2v) is 3.38. The van der Waals surface area contributed by atoms with E-state index >= 15 is 0 Å². The summed E-state index contributed by atoms with van der Waals surface area (Å²) in [6.45, 7) is 12.1. The van der Waals surface area contributed by atoms with E-state index in [2.05, 4.69) is 30.0 Å². The van der Waals surface area contributed by atoms with Crippen LogP contribution in [0.2, 0.25) is 0 Å². The van der Waals surface area contributed by atoms with E-state index in [-0.39, 0.29) is 0 Å². The van der Waals surface area contributed by atoms with Crippen molar-refractivity contribution < 1.29 is 0 Å². The molecule has 2 heteroatoms. The van der Waals surface area contributed by atoms with Gasteiger partial charge < -0.3 is 9.80 Å². The highest BCUT2D eigenvalue weighted by Crippen LogP contribution is 2.07. The molecule has 0 radical (unpaired) electrons. The fraction of sp³-hybridized carbons (Fsp3) is 0.455. The Balaban J connectivity index is 2.40. The predicted molar refractivity (Wildman–Crippen MR) is 57.5 cm³/mol. The molecule has 1 rings (SSSR count). The second kappa shape index (κ2) is 4.87. The lowest BCUT2D eigenvalue weighted by atomic mass is 10.3. The first-order valence-electron chi connectivity index (χ1n) is 4.65. The third kappa shape index (κ3) is 3.07. The predicted octanol–water partition coefficient (Wildman–Crippen LogP) is 1.49. The minimum atomic E-state index is 1.08. The standard InChI is InChI=1S/C11H18N2/c1-4-5-6-11(2)13-9-7-12(3)8-10-13/h4-6H,1-2,7-10H2,3H3/b6-5-. The Labute approximate surface area is 80.8 Å². The topological polar surface area (TPSA) is 6.48 Å². The van der Waals surface area contributed by atoms with Crippen LogP contribution in [0, 0.1) is 0 Å². The SMILES string of the molecule is C=C/C=C\C(=C)N1CCN(C)CC1. The van der Waals surface area contributed by atoms with Crippen LogP contribution in [0.1, 0.15) is 0 Å². The normalized spacial score (nSPS) is 19.3. The number of hydrogen-bond acceptors (Lipinski definition) is 2.